The summed E-state index contributed by atoms with van der Waals surface area (Å²) in [4.78, 5) is 28.0. The van der Waals surface area contributed by atoms with Gasteiger partial charge in [-0.2, -0.15) is 4.98 Å². The summed E-state index contributed by atoms with van der Waals surface area (Å²) in [5.41, 5.74) is 0.951. The Bertz CT molecular complexity index is 1040. The maximum Gasteiger partial charge on any atom is 0.306 e. The monoisotopic (exact) mass is 433 g/mol. The number of carbonyl (C=O) groups is 2. The molecule has 1 aromatic heterocycles. The largest absolute Gasteiger partial charge is 0.495 e. The summed E-state index contributed by atoms with van der Waals surface area (Å²) in [7, 11) is 1.46. The molecule has 1 amide bonds. The Morgan fingerprint density at radius 3 is 2.70 bits per heavy atom. The fraction of sp³-hybridized carbons (Fsp3) is 0.200. The van der Waals surface area contributed by atoms with Gasteiger partial charge in [0.25, 0.3) is 5.91 Å². The Morgan fingerprint density at radius 2 is 1.97 bits per heavy atom. The van der Waals surface area contributed by atoms with Gasteiger partial charge in [-0.05, 0) is 42.5 Å². The van der Waals surface area contributed by atoms with Gasteiger partial charge in [-0.3, -0.25) is 9.59 Å². The number of nitrogens with one attached hydrogen (secondary N) is 1. The van der Waals surface area contributed by atoms with Crippen LogP contribution in [0.25, 0.3) is 11.4 Å². The number of hydrogen-bond acceptors (Lipinski definition) is 7. The summed E-state index contributed by atoms with van der Waals surface area (Å²) in [6, 6.07) is 10.4. The second kappa shape index (κ2) is 9.84. The van der Waals surface area contributed by atoms with Gasteiger partial charge in [0.2, 0.25) is 11.7 Å². The second-order valence-corrected chi connectivity index (χ2v) is 6.51. The van der Waals surface area contributed by atoms with Crippen molar-refractivity contribution in [2.75, 3.05) is 19.0 Å². The van der Waals surface area contributed by atoms with Crippen LogP contribution in [0, 0.1) is 5.82 Å². The molecule has 0 radical (unpaired) electrons. The lowest BCUT2D eigenvalue weighted by Gasteiger charge is -2.10. The Labute approximate surface area is 175 Å². The molecule has 0 atom stereocenters. The van der Waals surface area contributed by atoms with Crippen LogP contribution in [-0.2, 0) is 20.7 Å². The van der Waals surface area contributed by atoms with Gasteiger partial charge in [0.15, 0.2) is 6.61 Å². The minimum Gasteiger partial charge on any atom is -0.495 e. The first kappa shape index (κ1) is 21.3. The first-order valence-electron chi connectivity index (χ1n) is 8.82. The summed E-state index contributed by atoms with van der Waals surface area (Å²) >= 11 is 5.90. The topological polar surface area (TPSA) is 104 Å². The van der Waals surface area contributed by atoms with E-state index in [0.29, 0.717) is 22.0 Å². The van der Waals surface area contributed by atoms with Crippen molar-refractivity contribution in [3.63, 3.8) is 0 Å². The molecule has 0 aliphatic carbocycles. The van der Waals surface area contributed by atoms with Crippen molar-refractivity contribution in [1.82, 2.24) is 10.1 Å². The number of ether oxygens (including phenoxy) is 2. The molecule has 0 spiro atoms. The van der Waals surface area contributed by atoms with E-state index in [1.54, 1.807) is 12.1 Å². The van der Waals surface area contributed by atoms with E-state index in [-0.39, 0.29) is 30.4 Å². The molecule has 0 saturated carbocycles. The maximum absolute atomic E-state index is 13.0. The predicted octanol–water partition coefficient (Wildman–Crippen LogP) is 3.65. The van der Waals surface area contributed by atoms with Crippen LogP contribution in [0.3, 0.4) is 0 Å². The van der Waals surface area contributed by atoms with Crippen molar-refractivity contribution in [1.29, 1.82) is 0 Å². The summed E-state index contributed by atoms with van der Waals surface area (Å²) in [5.74, 6) is -0.590. The molecule has 0 bridgehead atoms. The van der Waals surface area contributed by atoms with Crippen molar-refractivity contribution >= 4 is 29.2 Å². The quantitative estimate of drug-likeness (QED) is 0.541. The molecular weight excluding hydrogens is 417 g/mol. The lowest BCUT2D eigenvalue weighted by atomic mass is 10.2. The number of amides is 1. The van der Waals surface area contributed by atoms with Crippen molar-refractivity contribution < 1.29 is 28.0 Å². The third-order valence-corrected chi connectivity index (χ3v) is 4.15. The summed E-state index contributed by atoms with van der Waals surface area (Å²) in [6.45, 7) is -0.473. The van der Waals surface area contributed by atoms with Gasteiger partial charge >= 0.3 is 5.97 Å². The molecule has 3 rings (SSSR count). The minimum atomic E-state index is -0.607. The first-order chi connectivity index (χ1) is 14.4. The number of benzene rings is 2. The van der Waals surface area contributed by atoms with Gasteiger partial charge in [0.05, 0.1) is 19.2 Å². The molecule has 0 unspecified atom stereocenters. The maximum atomic E-state index is 13.0. The molecule has 156 valence electrons. The Kier molecular flexibility index (Phi) is 6.97. The molecule has 10 heteroatoms. The number of hydrogen-bond donors (Lipinski definition) is 1. The van der Waals surface area contributed by atoms with Gasteiger partial charge < -0.3 is 19.3 Å². The summed E-state index contributed by atoms with van der Waals surface area (Å²) < 4.78 is 28.1. The van der Waals surface area contributed by atoms with Crippen molar-refractivity contribution in [2.45, 2.75) is 12.8 Å². The first-order valence-corrected chi connectivity index (χ1v) is 9.20. The zero-order chi connectivity index (χ0) is 21.5. The number of carbonyl (C=O) groups excluding carboxylic acids is 2. The number of anilines is 1. The lowest BCUT2D eigenvalue weighted by molar-refractivity contribution is -0.147. The second-order valence-electron chi connectivity index (χ2n) is 6.07. The standard InChI is InChI=1S/C20H17ClFN3O5/c1-28-16-7-4-13(21)10-15(16)23-17(26)11-29-19(27)9-8-18-24-20(25-30-18)12-2-5-14(22)6-3-12/h2-7,10H,8-9,11H2,1H3,(H,23,26). The van der Waals surface area contributed by atoms with Crippen LogP contribution in [0.4, 0.5) is 10.1 Å². The number of methoxy groups -OCH3 is 1. The van der Waals surface area contributed by atoms with E-state index in [2.05, 4.69) is 15.5 Å². The molecule has 0 aliphatic rings. The van der Waals surface area contributed by atoms with Crippen LogP contribution >= 0.6 is 11.6 Å². The molecule has 3 aromatic rings. The van der Waals surface area contributed by atoms with E-state index >= 15 is 0 Å². The molecule has 30 heavy (non-hydrogen) atoms. The fourth-order valence-electron chi connectivity index (χ4n) is 2.46. The van der Waals surface area contributed by atoms with E-state index in [1.165, 1.54) is 37.4 Å². The number of esters is 1. The summed E-state index contributed by atoms with van der Waals surface area (Å²) in [5, 5.41) is 6.77. The molecule has 0 fully saturated rings. The van der Waals surface area contributed by atoms with Crippen LogP contribution in [0.5, 0.6) is 5.75 Å². The summed E-state index contributed by atoms with van der Waals surface area (Å²) in [6.07, 6.45) is 0.0789. The average molecular weight is 434 g/mol. The van der Waals surface area contributed by atoms with Gasteiger partial charge in [-0.1, -0.05) is 16.8 Å². The smallest absolute Gasteiger partial charge is 0.306 e. The third-order valence-electron chi connectivity index (χ3n) is 3.91. The van der Waals surface area contributed by atoms with E-state index < -0.39 is 18.5 Å². The highest BCUT2D eigenvalue weighted by molar-refractivity contribution is 6.31. The van der Waals surface area contributed by atoms with E-state index in [4.69, 9.17) is 25.6 Å². The number of aromatic nitrogens is 2. The molecule has 1 N–H and O–H groups in total. The lowest BCUT2D eigenvalue weighted by Crippen LogP contribution is -2.21. The predicted molar refractivity (Wildman–Crippen MR) is 106 cm³/mol. The zero-order valence-electron chi connectivity index (χ0n) is 15.9. The highest BCUT2D eigenvalue weighted by atomic mass is 35.5. The molecule has 8 nitrogen and oxygen atoms in total. The van der Waals surface area contributed by atoms with Crippen molar-refractivity contribution in [2.24, 2.45) is 0 Å². The van der Waals surface area contributed by atoms with Crippen molar-refractivity contribution in [3.05, 3.63) is 59.2 Å². The van der Waals surface area contributed by atoms with Gasteiger partial charge in [0, 0.05) is 17.0 Å². The van der Waals surface area contributed by atoms with E-state index in [9.17, 15) is 14.0 Å². The SMILES string of the molecule is COc1ccc(Cl)cc1NC(=O)COC(=O)CCc1nc(-c2ccc(F)cc2)no1. The molecule has 0 saturated heterocycles. The van der Waals surface area contributed by atoms with E-state index in [0.717, 1.165) is 0 Å². The number of rotatable bonds is 8. The highest BCUT2D eigenvalue weighted by Crippen LogP contribution is 2.27. The molecule has 0 aliphatic heterocycles. The number of nitrogens with zero attached hydrogens (tertiary/aromatic N) is 2. The van der Waals surface area contributed by atoms with Gasteiger partial charge in [-0.25, -0.2) is 4.39 Å². The normalized spacial score (nSPS) is 10.5. The van der Waals surface area contributed by atoms with Crippen LogP contribution in [0.2, 0.25) is 5.02 Å². The number of aryl methyl sites for hydroxylation is 1. The zero-order valence-corrected chi connectivity index (χ0v) is 16.6. The van der Waals surface area contributed by atoms with E-state index in [1.807, 2.05) is 0 Å². The molecule has 2 aromatic carbocycles. The van der Waals surface area contributed by atoms with Gasteiger partial charge in [-0.15, -0.1) is 0 Å². The minimum absolute atomic E-state index is 0.0567. The van der Waals surface area contributed by atoms with Gasteiger partial charge in [0.1, 0.15) is 11.6 Å². The Hall–Kier alpha value is -3.46. The van der Waals surface area contributed by atoms with Crippen LogP contribution in [0.15, 0.2) is 47.0 Å². The fourth-order valence-corrected chi connectivity index (χ4v) is 2.64. The molecule has 1 heterocycles. The Balaban J connectivity index is 1.46. The third kappa shape index (κ3) is 5.77. The molecular formula is C20H17ClFN3O5. The van der Waals surface area contributed by atoms with Crippen LogP contribution in [-0.4, -0.2) is 35.7 Å². The highest BCUT2D eigenvalue weighted by Gasteiger charge is 2.14. The van der Waals surface area contributed by atoms with Crippen LogP contribution in [0.1, 0.15) is 12.3 Å². The number of halogens is 2. The van der Waals surface area contributed by atoms with Crippen LogP contribution < -0.4 is 10.1 Å². The van der Waals surface area contributed by atoms with Crippen molar-refractivity contribution in [3.8, 4) is 17.1 Å². The Morgan fingerprint density at radius 1 is 1.20 bits per heavy atom. The average Bonchev–Trinajstić information content (AvgIpc) is 3.20.